The predicted molar refractivity (Wildman–Crippen MR) is 97.9 cm³/mol. The first kappa shape index (κ1) is 23.2. The van der Waals surface area contributed by atoms with Crippen LogP contribution in [-0.4, -0.2) is 18.6 Å². The minimum atomic E-state index is -5.02. The molecule has 3 rings (SSSR count). The first-order chi connectivity index (χ1) is 14.8. The fraction of sp³-hybridized carbons (Fsp3) is 0.300. The number of nitrogens with one attached hydrogen (secondary N) is 2. The standard InChI is InChI=1S/C20H16F6N2O4/c1-3-31-17(29)15-9(2)27-18(30)28-16(15)14-5-4-13(32-14)10-6-11(19(21,22)23)8-12(7-10)20(24,25)26/h4-8,16H,3H2,1-2H3,(H2,27,28,30)/t16-/m0/s1. The van der Waals surface area contributed by atoms with Gasteiger partial charge in [-0.1, -0.05) is 0 Å². The Morgan fingerprint density at radius 3 is 2.19 bits per heavy atom. The summed E-state index contributed by atoms with van der Waals surface area (Å²) >= 11 is 0. The van der Waals surface area contributed by atoms with Gasteiger partial charge in [0, 0.05) is 11.3 Å². The zero-order valence-corrected chi connectivity index (χ0v) is 16.6. The van der Waals surface area contributed by atoms with Crippen molar-refractivity contribution in [3.63, 3.8) is 0 Å². The van der Waals surface area contributed by atoms with Gasteiger partial charge >= 0.3 is 24.4 Å². The van der Waals surface area contributed by atoms with Crippen LogP contribution in [0.4, 0.5) is 31.1 Å². The summed E-state index contributed by atoms with van der Waals surface area (Å²) in [6.07, 6.45) is -10.0. The molecule has 0 unspecified atom stereocenters. The molecule has 0 bridgehead atoms. The van der Waals surface area contributed by atoms with Crippen molar-refractivity contribution in [3.05, 3.63) is 58.5 Å². The third kappa shape index (κ3) is 4.73. The number of halogens is 6. The number of rotatable bonds is 4. The summed E-state index contributed by atoms with van der Waals surface area (Å²) in [4.78, 5) is 24.2. The molecule has 6 nitrogen and oxygen atoms in total. The molecule has 0 radical (unpaired) electrons. The van der Waals surface area contributed by atoms with Gasteiger partial charge in [0.05, 0.1) is 23.3 Å². The molecule has 1 atom stereocenters. The van der Waals surface area contributed by atoms with Crippen molar-refractivity contribution >= 4 is 12.0 Å². The molecule has 0 spiro atoms. The molecule has 1 aliphatic heterocycles. The normalized spacial score (nSPS) is 17.1. The number of urea groups is 1. The summed E-state index contributed by atoms with van der Waals surface area (Å²) in [7, 11) is 0. The van der Waals surface area contributed by atoms with Gasteiger partial charge in [-0.25, -0.2) is 9.59 Å². The largest absolute Gasteiger partial charge is 0.463 e. The lowest BCUT2D eigenvalue weighted by molar-refractivity contribution is -0.143. The Balaban J connectivity index is 2.07. The number of esters is 1. The average Bonchev–Trinajstić information content (AvgIpc) is 3.16. The van der Waals surface area contributed by atoms with Gasteiger partial charge in [-0.15, -0.1) is 0 Å². The van der Waals surface area contributed by atoms with Gasteiger partial charge in [-0.2, -0.15) is 26.3 Å². The van der Waals surface area contributed by atoms with E-state index >= 15 is 0 Å². The van der Waals surface area contributed by atoms with Crippen molar-refractivity contribution in [2.45, 2.75) is 32.2 Å². The van der Waals surface area contributed by atoms with Crippen LogP contribution in [0.5, 0.6) is 0 Å². The van der Waals surface area contributed by atoms with Crippen LogP contribution in [0.3, 0.4) is 0 Å². The van der Waals surface area contributed by atoms with E-state index < -0.39 is 47.1 Å². The highest BCUT2D eigenvalue weighted by atomic mass is 19.4. The van der Waals surface area contributed by atoms with Gasteiger partial charge in [0.1, 0.15) is 17.6 Å². The highest BCUT2D eigenvalue weighted by Gasteiger charge is 2.38. The number of ether oxygens (including phenoxy) is 1. The first-order valence-electron chi connectivity index (χ1n) is 9.16. The van der Waals surface area contributed by atoms with Crippen LogP contribution in [0.2, 0.25) is 0 Å². The SMILES string of the molecule is CCOC(=O)C1=C(C)NC(=O)N[C@H]1c1ccc(-c2cc(C(F)(F)F)cc(C(F)(F)F)c2)o1. The Labute approximate surface area is 177 Å². The van der Waals surface area contributed by atoms with Crippen LogP contribution in [0.25, 0.3) is 11.3 Å². The third-order valence-electron chi connectivity index (χ3n) is 4.55. The molecule has 32 heavy (non-hydrogen) atoms. The molecule has 0 aliphatic carbocycles. The number of hydrogen-bond donors (Lipinski definition) is 2. The molecule has 2 N–H and O–H groups in total. The summed E-state index contributed by atoms with van der Waals surface area (Å²) in [6.45, 7) is 3.03. The van der Waals surface area contributed by atoms with Crippen molar-refractivity contribution in [2.24, 2.45) is 0 Å². The molecule has 2 aromatic rings. The van der Waals surface area contributed by atoms with Gasteiger partial charge in [0.2, 0.25) is 0 Å². The Kier molecular flexibility index (Phi) is 5.98. The van der Waals surface area contributed by atoms with Crippen LogP contribution < -0.4 is 10.6 Å². The maximum Gasteiger partial charge on any atom is 0.416 e. The van der Waals surface area contributed by atoms with Crippen molar-refractivity contribution in [3.8, 4) is 11.3 Å². The van der Waals surface area contributed by atoms with Crippen molar-refractivity contribution in [1.82, 2.24) is 10.6 Å². The second-order valence-electron chi connectivity index (χ2n) is 6.79. The van der Waals surface area contributed by atoms with Crippen molar-refractivity contribution < 1.29 is 45.1 Å². The molecule has 0 saturated heterocycles. The lowest BCUT2D eigenvalue weighted by Crippen LogP contribution is -2.45. The highest BCUT2D eigenvalue weighted by Crippen LogP contribution is 2.40. The van der Waals surface area contributed by atoms with E-state index in [0.29, 0.717) is 12.1 Å². The molecule has 172 valence electrons. The van der Waals surface area contributed by atoms with E-state index in [1.165, 1.54) is 13.0 Å². The molecular formula is C20H16F6N2O4. The van der Waals surface area contributed by atoms with Crippen molar-refractivity contribution in [2.75, 3.05) is 6.61 Å². The van der Waals surface area contributed by atoms with Gasteiger partial charge in [-0.3, -0.25) is 0 Å². The Hall–Kier alpha value is -3.44. The van der Waals surface area contributed by atoms with E-state index in [4.69, 9.17) is 9.15 Å². The molecule has 2 heterocycles. The summed E-state index contributed by atoms with van der Waals surface area (Å²) in [5, 5.41) is 4.82. The second-order valence-corrected chi connectivity index (χ2v) is 6.79. The highest BCUT2D eigenvalue weighted by molar-refractivity contribution is 5.94. The molecule has 12 heteroatoms. The van der Waals surface area contributed by atoms with Gasteiger partial charge in [-0.05, 0) is 44.2 Å². The van der Waals surface area contributed by atoms with Crippen molar-refractivity contribution in [1.29, 1.82) is 0 Å². The number of carbonyl (C=O) groups excluding carboxylic acids is 2. The summed E-state index contributed by atoms with van der Waals surface area (Å²) in [6, 6.07) is 1.59. The van der Waals surface area contributed by atoms with E-state index in [2.05, 4.69) is 10.6 Å². The average molecular weight is 462 g/mol. The molecule has 1 aliphatic rings. The van der Waals surface area contributed by atoms with Gasteiger partial charge in [0.15, 0.2) is 0 Å². The zero-order valence-electron chi connectivity index (χ0n) is 16.6. The Morgan fingerprint density at radius 1 is 1.06 bits per heavy atom. The lowest BCUT2D eigenvalue weighted by atomic mass is 10.0. The van der Waals surface area contributed by atoms with Crippen LogP contribution in [-0.2, 0) is 21.9 Å². The van der Waals surface area contributed by atoms with E-state index in [9.17, 15) is 35.9 Å². The molecule has 0 saturated carbocycles. The number of alkyl halides is 6. The number of amides is 2. The fourth-order valence-electron chi connectivity index (χ4n) is 3.15. The summed E-state index contributed by atoms with van der Waals surface area (Å²) in [5.74, 6) is -1.17. The van der Waals surface area contributed by atoms with E-state index in [1.807, 2.05) is 0 Å². The molecule has 2 amide bonds. The first-order valence-corrected chi connectivity index (χ1v) is 9.16. The number of allylic oxidation sites excluding steroid dienone is 1. The number of furan rings is 1. The van der Waals surface area contributed by atoms with Gasteiger partial charge < -0.3 is 19.8 Å². The summed E-state index contributed by atoms with van der Waals surface area (Å²) in [5.41, 5.74) is -3.34. The Bertz CT molecular complexity index is 1050. The predicted octanol–water partition coefficient (Wildman–Crippen LogP) is 5.18. The minimum Gasteiger partial charge on any atom is -0.463 e. The van der Waals surface area contributed by atoms with Crippen LogP contribution >= 0.6 is 0 Å². The second kappa shape index (κ2) is 8.24. The van der Waals surface area contributed by atoms with E-state index in [-0.39, 0.29) is 35.5 Å². The zero-order chi connectivity index (χ0) is 23.8. The monoisotopic (exact) mass is 462 g/mol. The molecule has 0 fully saturated rings. The maximum atomic E-state index is 13.1. The Morgan fingerprint density at radius 2 is 1.66 bits per heavy atom. The molecule has 1 aromatic heterocycles. The number of benzene rings is 1. The third-order valence-corrected chi connectivity index (χ3v) is 4.55. The summed E-state index contributed by atoms with van der Waals surface area (Å²) < 4.78 is 89.3. The van der Waals surface area contributed by atoms with Crippen LogP contribution in [0.15, 0.2) is 46.0 Å². The topological polar surface area (TPSA) is 80.6 Å². The fourth-order valence-corrected chi connectivity index (χ4v) is 3.15. The smallest absolute Gasteiger partial charge is 0.416 e. The van der Waals surface area contributed by atoms with E-state index in [0.717, 1.165) is 6.07 Å². The molecular weight excluding hydrogens is 446 g/mol. The maximum absolute atomic E-state index is 13.1. The van der Waals surface area contributed by atoms with Crippen LogP contribution in [0.1, 0.15) is 36.8 Å². The van der Waals surface area contributed by atoms with Gasteiger partial charge in [0.25, 0.3) is 0 Å². The molecule has 1 aromatic carbocycles. The minimum absolute atomic E-state index is 0.00529. The number of hydrogen-bond acceptors (Lipinski definition) is 4. The van der Waals surface area contributed by atoms with Crippen LogP contribution in [0, 0.1) is 0 Å². The quantitative estimate of drug-likeness (QED) is 0.485. The van der Waals surface area contributed by atoms with E-state index in [1.54, 1.807) is 6.92 Å². The lowest BCUT2D eigenvalue weighted by Gasteiger charge is -2.26. The number of carbonyl (C=O) groups is 2.